The number of carbonyl (C=O) groups excluding carboxylic acids is 2. The van der Waals surface area contributed by atoms with Gasteiger partial charge in [-0.2, -0.15) is 17.6 Å². The van der Waals surface area contributed by atoms with Gasteiger partial charge in [0.05, 0.1) is 33.3 Å². The first-order valence-electron chi connectivity index (χ1n) is 22.3. The molecule has 2 aliphatic heterocycles. The Balaban J connectivity index is 0.862. The Morgan fingerprint density at radius 1 is 0.652 bits per heavy atom. The van der Waals surface area contributed by atoms with E-state index in [9.17, 15) is 32.5 Å². The molecule has 0 aromatic heterocycles. The number of carbonyl (C=O) groups is 3. The molecule has 16 heteroatoms. The highest BCUT2D eigenvalue weighted by atomic mass is 32.2. The number of aromatic carboxylic acids is 1. The lowest BCUT2D eigenvalue weighted by Gasteiger charge is -2.17. The van der Waals surface area contributed by atoms with Gasteiger partial charge in [-0.15, -0.1) is 4.33 Å². The Kier molecular flexibility index (Phi) is 14.5. The van der Waals surface area contributed by atoms with Gasteiger partial charge in [0.2, 0.25) is 23.2 Å². The van der Waals surface area contributed by atoms with Crippen molar-refractivity contribution >= 4 is 95.7 Å². The van der Waals surface area contributed by atoms with Crippen LogP contribution in [0, 0.1) is 0 Å². The second kappa shape index (κ2) is 19.8. The lowest BCUT2D eigenvalue weighted by molar-refractivity contribution is -0.439. The summed E-state index contributed by atoms with van der Waals surface area (Å²) in [6.07, 6.45) is 6.10. The minimum Gasteiger partial charge on any atom is -0.478 e. The number of anilines is 2. The zero-order chi connectivity index (χ0) is 47.6. The van der Waals surface area contributed by atoms with E-state index < -0.39 is 16.1 Å². The molecule has 0 radical (unpaired) electrons. The molecule has 14 nitrogen and oxygen atoms in total. The summed E-state index contributed by atoms with van der Waals surface area (Å²) < 4.78 is 42.4. The van der Waals surface area contributed by atoms with Crippen LogP contribution in [-0.4, -0.2) is 74.8 Å². The zero-order valence-corrected chi connectivity index (χ0v) is 39.8. The van der Waals surface area contributed by atoms with Gasteiger partial charge in [-0.25, -0.2) is 10.1 Å². The van der Waals surface area contributed by atoms with Crippen LogP contribution in [-0.2, 0) is 39.9 Å². The van der Waals surface area contributed by atoms with Gasteiger partial charge in [-0.05, 0) is 130 Å². The predicted octanol–water partition coefficient (Wildman–Crippen LogP) is 10.9. The van der Waals surface area contributed by atoms with E-state index in [1.54, 1.807) is 12.1 Å². The number of hydrogen-bond acceptors (Lipinski definition) is 9. The summed E-state index contributed by atoms with van der Waals surface area (Å²) in [6.45, 7) is 14.6. The fourth-order valence-corrected chi connectivity index (χ4v) is 10.5. The van der Waals surface area contributed by atoms with Gasteiger partial charge < -0.3 is 15.7 Å². The van der Waals surface area contributed by atoms with Crippen LogP contribution in [0.15, 0.2) is 88.7 Å². The lowest BCUT2D eigenvalue weighted by Crippen LogP contribution is -2.27. The molecule has 348 valence electrons. The summed E-state index contributed by atoms with van der Waals surface area (Å²) in [5, 5.41) is 31.6. The molecule has 2 heterocycles. The van der Waals surface area contributed by atoms with Gasteiger partial charge >= 0.3 is 5.97 Å². The standard InChI is InChI=1S/C50H56N4O10S2/c1-31-49(3,4)46-40-20-18-38(65-64-63-59)28-33(40)16-22-42(46)54(31)25-13-9-11-15-45(56)52-37-27-35(48(57)58)26-36(30-37)51-44(55)14-10-7-8-12-24-53-32(2)50(5,6)47-41-21-19-39(66(60,61)62)29-34(41)17-23-43(47)53/h16-23,26-30H,7-15,24-25H2,1-6H3,(H3-2,51,52,55,56,57,58,59,60,61,62)/p+2. The van der Waals surface area contributed by atoms with Crippen molar-refractivity contribution in [3.05, 3.63) is 95.6 Å². The van der Waals surface area contributed by atoms with Crippen LogP contribution < -0.4 is 10.6 Å². The highest BCUT2D eigenvalue weighted by Crippen LogP contribution is 2.46. The average Bonchev–Trinajstić information content (AvgIpc) is 3.59. The topological polar surface area (TPSA) is 195 Å². The van der Waals surface area contributed by atoms with Crippen molar-refractivity contribution in [3.63, 3.8) is 0 Å². The monoisotopic (exact) mass is 938 g/mol. The quantitative estimate of drug-likeness (QED) is 0.0124. The molecular weight excluding hydrogens is 881 g/mol. The Morgan fingerprint density at radius 3 is 1.64 bits per heavy atom. The molecule has 0 bridgehead atoms. The Hall–Kier alpha value is -5.49. The Labute approximate surface area is 389 Å². The third-order valence-electron chi connectivity index (χ3n) is 13.4. The number of benzene rings is 5. The van der Waals surface area contributed by atoms with Crippen molar-refractivity contribution < 1.29 is 56.2 Å². The number of nitrogens with one attached hydrogen (secondary N) is 2. The summed E-state index contributed by atoms with van der Waals surface area (Å²) >= 11 is 0.930. The number of nitrogens with zero attached hydrogens (tertiary/aromatic N) is 2. The van der Waals surface area contributed by atoms with Crippen LogP contribution in [0.5, 0.6) is 0 Å². The number of rotatable bonds is 20. The number of hydrogen-bond donors (Lipinski definition) is 5. The third-order valence-corrected chi connectivity index (χ3v) is 14.8. The number of fused-ring (bicyclic) bond motifs is 6. The van der Waals surface area contributed by atoms with E-state index in [1.807, 2.05) is 24.3 Å². The van der Waals surface area contributed by atoms with Gasteiger partial charge in [0.15, 0.2) is 11.4 Å². The van der Waals surface area contributed by atoms with E-state index in [-0.39, 0.29) is 45.9 Å². The van der Waals surface area contributed by atoms with E-state index in [0.29, 0.717) is 24.2 Å². The van der Waals surface area contributed by atoms with Crippen LogP contribution in [0.4, 0.5) is 22.7 Å². The van der Waals surface area contributed by atoms with E-state index >= 15 is 0 Å². The lowest BCUT2D eigenvalue weighted by atomic mass is 9.80. The second-order valence-electron chi connectivity index (χ2n) is 18.3. The van der Waals surface area contributed by atoms with Crippen molar-refractivity contribution in [3.8, 4) is 0 Å². The van der Waals surface area contributed by atoms with Gasteiger partial charge in [-0.1, -0.05) is 23.6 Å². The highest BCUT2D eigenvalue weighted by Gasteiger charge is 2.45. The van der Waals surface area contributed by atoms with Crippen molar-refractivity contribution in [1.82, 2.24) is 0 Å². The SMILES string of the molecule is CC1=[N+](CCCCCCC(=O)Nc2cc(NC(=O)CCCCC[N+]3=C(C)C(C)(C)c4c3ccc3cc(SOOO)ccc43)cc(C(=O)O)c2)c2ccc3cc(S(=O)(=O)O)ccc3c2C1(C)C. The smallest absolute Gasteiger partial charge is 0.335 e. The molecule has 0 aliphatic carbocycles. The molecule has 66 heavy (non-hydrogen) atoms. The number of carboxylic acid groups (broad SMARTS) is 1. The van der Waals surface area contributed by atoms with Gasteiger partial charge in [-0.3, -0.25) is 14.1 Å². The van der Waals surface area contributed by atoms with E-state index in [0.717, 1.165) is 94.9 Å². The van der Waals surface area contributed by atoms with E-state index in [2.05, 4.69) is 88.9 Å². The average molecular weight is 939 g/mol. The molecule has 5 aromatic rings. The van der Waals surface area contributed by atoms with Crippen molar-refractivity contribution in [1.29, 1.82) is 0 Å². The summed E-state index contributed by atoms with van der Waals surface area (Å²) in [5.74, 6) is -1.64. The molecule has 2 aliphatic rings. The van der Waals surface area contributed by atoms with Crippen molar-refractivity contribution in [2.45, 2.75) is 120 Å². The maximum absolute atomic E-state index is 13.1. The molecule has 5 aromatic carbocycles. The summed E-state index contributed by atoms with van der Waals surface area (Å²) in [6, 6.07) is 23.2. The van der Waals surface area contributed by atoms with Crippen LogP contribution >= 0.6 is 12.0 Å². The first-order chi connectivity index (χ1) is 31.3. The van der Waals surface area contributed by atoms with Gasteiger partial charge in [0.1, 0.15) is 13.1 Å². The van der Waals surface area contributed by atoms with Crippen LogP contribution in [0.2, 0.25) is 0 Å². The van der Waals surface area contributed by atoms with E-state index in [4.69, 9.17) is 5.26 Å². The normalized spacial score (nSPS) is 15.1. The summed E-state index contributed by atoms with van der Waals surface area (Å²) in [5.41, 5.74) is 7.14. The molecule has 0 atom stereocenters. The fraction of sp³-hybridized carbons (Fsp3) is 0.380. The third kappa shape index (κ3) is 10.2. The van der Waals surface area contributed by atoms with E-state index in [1.165, 1.54) is 46.9 Å². The number of unbranched alkanes of at least 4 members (excludes halogenated alkanes) is 5. The maximum Gasteiger partial charge on any atom is 0.335 e. The first kappa shape index (κ1) is 48.4. The molecular formula is C50H58N4O10S2+2. The molecule has 0 saturated heterocycles. The molecule has 0 saturated carbocycles. The maximum atomic E-state index is 13.1. The van der Waals surface area contributed by atoms with Crippen LogP contribution in [0.3, 0.4) is 0 Å². The second-order valence-corrected chi connectivity index (χ2v) is 20.5. The molecule has 7 rings (SSSR count). The van der Waals surface area contributed by atoms with Crippen LogP contribution in [0.25, 0.3) is 21.5 Å². The molecule has 0 fully saturated rings. The summed E-state index contributed by atoms with van der Waals surface area (Å²) in [4.78, 5) is 38.7. The Morgan fingerprint density at radius 2 is 1.14 bits per heavy atom. The number of amides is 2. The Bertz CT molecular complexity index is 2920. The largest absolute Gasteiger partial charge is 0.478 e. The summed E-state index contributed by atoms with van der Waals surface area (Å²) in [7, 11) is -4.31. The molecule has 0 spiro atoms. The molecule has 5 N–H and O–H groups in total. The van der Waals surface area contributed by atoms with Crippen molar-refractivity contribution in [2.24, 2.45) is 0 Å². The molecule has 2 amide bonds. The fourth-order valence-electron chi connectivity index (χ4n) is 9.58. The minimum absolute atomic E-state index is 0.0458. The van der Waals surface area contributed by atoms with Gasteiger partial charge in [0, 0.05) is 79.1 Å². The number of carboxylic acids is 1. The predicted molar refractivity (Wildman–Crippen MR) is 258 cm³/mol. The van der Waals surface area contributed by atoms with Crippen LogP contribution in [0.1, 0.15) is 121 Å². The zero-order valence-electron chi connectivity index (χ0n) is 38.2. The van der Waals surface area contributed by atoms with Gasteiger partial charge in [0.25, 0.3) is 10.1 Å². The molecule has 0 unspecified atom stereocenters. The minimum atomic E-state index is -4.31. The highest BCUT2D eigenvalue weighted by molar-refractivity contribution is 7.94. The first-order valence-corrected chi connectivity index (χ1v) is 24.5. The van der Waals surface area contributed by atoms with Crippen molar-refractivity contribution in [2.75, 3.05) is 23.7 Å².